The molecule has 1 amide bonds. The molecule has 1 saturated carbocycles. The van der Waals surface area contributed by atoms with Crippen LogP contribution in [0.2, 0.25) is 0 Å². The zero-order chi connectivity index (χ0) is 52.0. The zero-order valence-corrected chi connectivity index (χ0v) is 44.4. The Labute approximate surface area is 431 Å². The quantitative estimate of drug-likeness (QED) is 0.0482. The number of hydrogen-bond donors (Lipinski definition) is 5. The van der Waals surface area contributed by atoms with E-state index >= 15 is 0 Å². The number of ether oxygens (including phenoxy) is 1. The second-order valence-corrected chi connectivity index (χ2v) is 24.6. The van der Waals surface area contributed by atoms with E-state index in [1.807, 2.05) is 38.2 Å². The van der Waals surface area contributed by atoms with Crippen molar-refractivity contribution in [2.75, 3.05) is 49.5 Å². The predicted octanol–water partition coefficient (Wildman–Crippen LogP) is 11.1. The Morgan fingerprint density at radius 3 is 2.41 bits per heavy atom. The van der Waals surface area contributed by atoms with E-state index in [1.165, 1.54) is 45.5 Å². The molecule has 6 aromatic rings. The van der Waals surface area contributed by atoms with Crippen LogP contribution in [0.5, 0.6) is 11.5 Å². The first-order valence-electron chi connectivity index (χ1n) is 25.2. The third kappa shape index (κ3) is 11.8. The molecular formula is C56H67N7O8S2. The second kappa shape index (κ2) is 20.3. The van der Waals surface area contributed by atoms with Gasteiger partial charge < -0.3 is 30.2 Å². The van der Waals surface area contributed by atoms with Crippen molar-refractivity contribution in [3.8, 4) is 22.6 Å². The highest BCUT2D eigenvalue weighted by atomic mass is 32.2. The molecule has 0 atom stereocenters. The summed E-state index contributed by atoms with van der Waals surface area (Å²) < 4.78 is 36.2. The number of rotatable bonds is 15. The van der Waals surface area contributed by atoms with Crippen LogP contribution in [-0.4, -0.2) is 89.2 Å². The monoisotopic (exact) mass is 1030 g/mol. The first-order valence-corrected chi connectivity index (χ1v) is 27.6. The number of anilines is 2. The normalized spacial score (nSPS) is 19.8. The van der Waals surface area contributed by atoms with Crippen LogP contribution in [0.1, 0.15) is 111 Å². The summed E-state index contributed by atoms with van der Waals surface area (Å²) in [5, 5.41) is 39.5. The molecule has 17 heteroatoms. The summed E-state index contributed by atoms with van der Waals surface area (Å²) in [6.07, 6.45) is 9.22. The average molecular weight is 1030 g/mol. The van der Waals surface area contributed by atoms with Crippen LogP contribution in [0.15, 0.2) is 95.0 Å². The summed E-state index contributed by atoms with van der Waals surface area (Å²) in [4.78, 5) is 38.8. The highest BCUT2D eigenvalue weighted by Crippen LogP contribution is 2.46. The Kier molecular flexibility index (Phi) is 14.4. The Morgan fingerprint density at radius 1 is 0.986 bits per heavy atom. The zero-order valence-electron chi connectivity index (χ0n) is 42.8. The van der Waals surface area contributed by atoms with Crippen LogP contribution < -0.4 is 19.7 Å². The van der Waals surface area contributed by atoms with Gasteiger partial charge in [-0.2, -0.15) is 0 Å². The minimum absolute atomic E-state index is 0.0489. The van der Waals surface area contributed by atoms with Crippen LogP contribution in [0.25, 0.3) is 27.7 Å². The average Bonchev–Trinajstić information content (AvgIpc) is 4.01. The van der Waals surface area contributed by atoms with Gasteiger partial charge in [-0.15, -0.1) is 11.3 Å². The van der Waals surface area contributed by atoms with Gasteiger partial charge in [-0.25, -0.2) is 18.1 Å². The predicted molar refractivity (Wildman–Crippen MR) is 289 cm³/mol. The van der Waals surface area contributed by atoms with Gasteiger partial charge in [0.25, 0.3) is 21.6 Å². The molecule has 2 aliphatic carbocycles. The summed E-state index contributed by atoms with van der Waals surface area (Å²) in [6, 6.07) is 18.8. The van der Waals surface area contributed by atoms with Gasteiger partial charge in [0.05, 0.1) is 32.8 Å². The van der Waals surface area contributed by atoms with Crippen LogP contribution >= 0.6 is 11.3 Å². The van der Waals surface area contributed by atoms with Gasteiger partial charge in [0.1, 0.15) is 22.8 Å². The molecule has 0 bridgehead atoms. The Hall–Kier alpha value is -6.11. The van der Waals surface area contributed by atoms with Gasteiger partial charge in [0.15, 0.2) is 0 Å². The number of amides is 1. The van der Waals surface area contributed by atoms with Crippen LogP contribution in [0.4, 0.5) is 17.1 Å². The van der Waals surface area contributed by atoms with Crippen LogP contribution in [-0.2, 0) is 15.6 Å². The SMILES string of the molecule is Cc1cc(C(C)(C)O)cc(C)c1-c1csc(C2=C(CN3CCN(c4ccc(C(=O)NS(=O)(=O)c5ccc(NCC6CCC(C)(O)CC6)c([N+](=O)[O-])c5)c(Oc5cnc6[nH]ccc6c5)c4)CC3)CCC(C)(C)C2)c1. The van der Waals surface area contributed by atoms with E-state index in [0.717, 1.165) is 85.6 Å². The number of piperazine rings is 1. The van der Waals surface area contributed by atoms with Crippen molar-refractivity contribution in [3.63, 3.8) is 0 Å². The van der Waals surface area contributed by atoms with Crippen molar-refractivity contribution in [1.82, 2.24) is 19.6 Å². The number of carbonyl (C=O) groups is 1. The van der Waals surface area contributed by atoms with E-state index < -0.39 is 42.6 Å². The van der Waals surface area contributed by atoms with E-state index in [0.29, 0.717) is 43.9 Å². The number of H-pyrrole nitrogens is 1. The fourth-order valence-corrected chi connectivity index (χ4v) is 12.6. The van der Waals surface area contributed by atoms with E-state index in [-0.39, 0.29) is 28.3 Å². The van der Waals surface area contributed by atoms with Crippen molar-refractivity contribution >= 4 is 60.9 Å². The van der Waals surface area contributed by atoms with Gasteiger partial charge in [-0.3, -0.25) is 19.8 Å². The number of aromatic amines is 1. The summed E-state index contributed by atoms with van der Waals surface area (Å²) in [5.74, 6) is -0.311. The Morgan fingerprint density at radius 2 is 1.71 bits per heavy atom. The molecular weight excluding hydrogens is 963 g/mol. The number of aromatic nitrogens is 2. The first-order chi connectivity index (χ1) is 34.5. The minimum Gasteiger partial charge on any atom is -0.455 e. The molecule has 0 radical (unpaired) electrons. The fourth-order valence-electron chi connectivity index (χ4n) is 10.7. The van der Waals surface area contributed by atoms with Gasteiger partial charge >= 0.3 is 0 Å². The van der Waals surface area contributed by atoms with Gasteiger partial charge in [-0.1, -0.05) is 31.6 Å². The fraction of sp³-hybridized carbons (Fsp3) is 0.429. The molecule has 386 valence electrons. The Bertz CT molecular complexity index is 3180. The number of aryl methyl sites for hydroxylation is 2. The van der Waals surface area contributed by atoms with E-state index in [1.54, 1.807) is 30.5 Å². The number of thiophene rings is 1. The number of benzene rings is 3. The van der Waals surface area contributed by atoms with Gasteiger partial charge in [0, 0.05) is 73.5 Å². The number of allylic oxidation sites excluding steroid dienone is 1. The number of nitro benzene ring substituents is 1. The molecule has 2 fully saturated rings. The van der Waals surface area contributed by atoms with E-state index in [9.17, 15) is 33.5 Å². The van der Waals surface area contributed by atoms with E-state index in [2.05, 4.69) is 81.1 Å². The number of pyridine rings is 1. The molecule has 15 nitrogen and oxygen atoms in total. The molecule has 1 aliphatic heterocycles. The summed E-state index contributed by atoms with van der Waals surface area (Å²) in [7, 11) is -4.60. The highest BCUT2D eigenvalue weighted by molar-refractivity contribution is 7.90. The maximum absolute atomic E-state index is 14.1. The smallest absolute Gasteiger partial charge is 0.293 e. The number of nitro groups is 1. The number of nitrogens with zero attached hydrogens (tertiary/aromatic N) is 4. The van der Waals surface area contributed by atoms with Crippen molar-refractivity contribution in [2.45, 2.75) is 110 Å². The van der Waals surface area contributed by atoms with Crippen molar-refractivity contribution in [3.05, 3.63) is 127 Å². The molecule has 3 aromatic heterocycles. The number of hydrogen-bond acceptors (Lipinski definition) is 13. The summed E-state index contributed by atoms with van der Waals surface area (Å²) in [6.45, 7) is 18.8. The Balaban J connectivity index is 0.917. The number of aliphatic hydroxyl groups is 2. The third-order valence-corrected chi connectivity index (χ3v) is 17.4. The lowest BCUT2D eigenvalue weighted by Crippen LogP contribution is -2.47. The molecule has 0 spiro atoms. The van der Waals surface area contributed by atoms with Crippen molar-refractivity contribution in [2.24, 2.45) is 11.3 Å². The minimum atomic E-state index is -4.60. The maximum atomic E-state index is 14.1. The first kappa shape index (κ1) is 51.8. The molecule has 9 rings (SSSR count). The third-order valence-electron chi connectivity index (χ3n) is 15.0. The largest absolute Gasteiger partial charge is 0.455 e. The molecule has 3 aliphatic rings. The standard InChI is InChI=1S/C56H67N7O8S2/c1-35-24-41(55(5,6)65)25-36(2)51(35)40-27-50(72-34-40)46-30-54(3,4)16-14-39(46)33-61-20-22-62(23-21-61)42-8-10-45(49(28-42)71-43-26-38-15-19-57-52(38)59-32-43)53(64)60-73(69,70)44-9-11-47(48(29-44)63(67)68)58-31-37-12-17-56(7,66)18-13-37/h8-11,15,19,24-29,32,34,37,58,65-66H,12-14,16-18,20-23,30-31,33H2,1-7H3,(H,57,59)(H,60,64). The van der Waals surface area contributed by atoms with Crippen molar-refractivity contribution < 1.29 is 33.1 Å². The molecule has 1 saturated heterocycles. The summed E-state index contributed by atoms with van der Waals surface area (Å²) >= 11 is 1.81. The number of fused-ring (bicyclic) bond motifs is 1. The number of sulfonamides is 1. The maximum Gasteiger partial charge on any atom is 0.293 e. The lowest BCUT2D eigenvalue weighted by atomic mass is 9.73. The molecule has 73 heavy (non-hydrogen) atoms. The van der Waals surface area contributed by atoms with Gasteiger partial charge in [-0.05, 0) is 172 Å². The topological polar surface area (TPSA) is 203 Å². The van der Waals surface area contributed by atoms with Crippen molar-refractivity contribution in [1.29, 1.82) is 0 Å². The lowest BCUT2D eigenvalue weighted by molar-refractivity contribution is -0.384. The molecule has 0 unspecified atom stereocenters. The molecule has 4 heterocycles. The number of nitrogens with one attached hydrogen (secondary N) is 3. The summed E-state index contributed by atoms with van der Waals surface area (Å²) in [5.41, 5.74) is 8.27. The van der Waals surface area contributed by atoms with E-state index in [4.69, 9.17) is 4.74 Å². The number of carbonyl (C=O) groups excluding carboxylic acids is 1. The van der Waals surface area contributed by atoms with Crippen LogP contribution in [0.3, 0.4) is 0 Å². The second-order valence-electron chi connectivity index (χ2n) is 22.0. The van der Waals surface area contributed by atoms with Crippen LogP contribution in [0, 0.1) is 35.3 Å². The molecule has 3 aromatic carbocycles. The lowest BCUT2D eigenvalue weighted by Gasteiger charge is -2.39. The van der Waals surface area contributed by atoms with Gasteiger partial charge in [0.2, 0.25) is 0 Å². The highest BCUT2D eigenvalue weighted by Gasteiger charge is 2.33. The molecule has 5 N–H and O–H groups in total.